The van der Waals surface area contributed by atoms with Crippen LogP contribution in [0.25, 0.3) is 0 Å². The van der Waals surface area contributed by atoms with Crippen LogP contribution in [0, 0.1) is 0 Å². The normalized spacial score (nSPS) is 15.9. The summed E-state index contributed by atoms with van der Waals surface area (Å²) in [7, 11) is 0. The number of anilines is 1. The van der Waals surface area contributed by atoms with Crippen LogP contribution in [-0.4, -0.2) is 43.5 Å². The van der Waals surface area contributed by atoms with Crippen molar-refractivity contribution in [2.75, 3.05) is 37.6 Å². The zero-order valence-electron chi connectivity index (χ0n) is 10.3. The Morgan fingerprint density at radius 3 is 2.50 bits per heavy atom. The van der Waals surface area contributed by atoms with E-state index in [4.69, 9.17) is 17.3 Å². The Morgan fingerprint density at radius 1 is 1.22 bits per heavy atom. The van der Waals surface area contributed by atoms with Gasteiger partial charge >= 0.3 is 0 Å². The minimum Gasteiger partial charge on any atom is -0.367 e. The van der Waals surface area contributed by atoms with E-state index in [2.05, 4.69) is 4.90 Å². The number of nitrogens with two attached hydrogens (primary N) is 1. The number of carbonyl (C=O) groups is 1. The molecule has 0 aliphatic carbocycles. The third-order valence-electron chi connectivity index (χ3n) is 3.18. The van der Waals surface area contributed by atoms with Crippen LogP contribution in [0.1, 0.15) is 6.42 Å². The predicted molar refractivity (Wildman–Crippen MR) is 73.9 cm³/mol. The van der Waals surface area contributed by atoms with Crippen LogP contribution in [0.5, 0.6) is 0 Å². The standard InChI is InChI=1S/C13H18ClN3O/c14-11-3-1-2-4-12(11)16-7-9-17(10-8-16)13(18)5-6-15/h1-4H,5-10,15H2. The van der Waals surface area contributed by atoms with Gasteiger partial charge in [0.1, 0.15) is 0 Å². The zero-order chi connectivity index (χ0) is 13.0. The van der Waals surface area contributed by atoms with Gasteiger partial charge in [-0.15, -0.1) is 0 Å². The molecule has 2 N–H and O–H groups in total. The zero-order valence-corrected chi connectivity index (χ0v) is 11.1. The van der Waals surface area contributed by atoms with Crippen molar-refractivity contribution < 1.29 is 4.79 Å². The van der Waals surface area contributed by atoms with E-state index < -0.39 is 0 Å². The van der Waals surface area contributed by atoms with E-state index in [0.29, 0.717) is 13.0 Å². The van der Waals surface area contributed by atoms with Crippen LogP contribution in [0.3, 0.4) is 0 Å². The maximum absolute atomic E-state index is 11.7. The fraction of sp³-hybridized carbons (Fsp3) is 0.462. The third kappa shape index (κ3) is 2.94. The monoisotopic (exact) mass is 267 g/mol. The van der Waals surface area contributed by atoms with Gasteiger partial charge in [0.25, 0.3) is 0 Å². The van der Waals surface area contributed by atoms with Crippen LogP contribution < -0.4 is 10.6 Å². The number of piperazine rings is 1. The van der Waals surface area contributed by atoms with Gasteiger partial charge in [0, 0.05) is 39.1 Å². The number of para-hydroxylation sites is 1. The van der Waals surface area contributed by atoms with Gasteiger partial charge in [-0.25, -0.2) is 0 Å². The van der Waals surface area contributed by atoms with E-state index in [-0.39, 0.29) is 5.91 Å². The van der Waals surface area contributed by atoms with Crippen LogP contribution in [0.15, 0.2) is 24.3 Å². The summed E-state index contributed by atoms with van der Waals surface area (Å²) in [6.07, 6.45) is 0.437. The maximum Gasteiger partial charge on any atom is 0.223 e. The molecule has 98 valence electrons. The fourth-order valence-corrected chi connectivity index (χ4v) is 2.44. The summed E-state index contributed by atoms with van der Waals surface area (Å²) in [6.45, 7) is 3.54. The molecule has 1 aliphatic heterocycles. The molecule has 0 unspecified atom stereocenters. The van der Waals surface area contributed by atoms with Crippen molar-refractivity contribution in [3.05, 3.63) is 29.3 Å². The van der Waals surface area contributed by atoms with Crippen molar-refractivity contribution in [2.45, 2.75) is 6.42 Å². The molecule has 1 heterocycles. The lowest BCUT2D eigenvalue weighted by Gasteiger charge is -2.36. The van der Waals surface area contributed by atoms with Crippen LogP contribution in [0.2, 0.25) is 5.02 Å². The van der Waals surface area contributed by atoms with Gasteiger partial charge in [0.05, 0.1) is 10.7 Å². The Hall–Kier alpha value is -1.26. The van der Waals surface area contributed by atoms with Gasteiger partial charge < -0.3 is 15.5 Å². The molecule has 4 nitrogen and oxygen atoms in total. The second-order valence-corrected chi connectivity index (χ2v) is 4.77. The first-order chi connectivity index (χ1) is 8.72. The van der Waals surface area contributed by atoms with Gasteiger partial charge in [-0.05, 0) is 12.1 Å². The average molecular weight is 268 g/mol. The Bertz CT molecular complexity index is 416. The second-order valence-electron chi connectivity index (χ2n) is 4.36. The molecule has 0 aromatic heterocycles. The minimum atomic E-state index is 0.149. The number of nitrogens with zero attached hydrogens (tertiary/aromatic N) is 2. The summed E-state index contributed by atoms with van der Waals surface area (Å²) < 4.78 is 0. The molecule has 0 bridgehead atoms. The molecule has 18 heavy (non-hydrogen) atoms. The van der Waals surface area contributed by atoms with Crippen molar-refractivity contribution in [2.24, 2.45) is 5.73 Å². The summed E-state index contributed by atoms with van der Waals surface area (Å²) in [4.78, 5) is 15.8. The maximum atomic E-state index is 11.7. The Morgan fingerprint density at radius 2 is 1.89 bits per heavy atom. The molecule has 2 rings (SSSR count). The number of carbonyl (C=O) groups excluding carboxylic acids is 1. The lowest BCUT2D eigenvalue weighted by Crippen LogP contribution is -2.49. The van der Waals surface area contributed by atoms with Crippen LogP contribution >= 0.6 is 11.6 Å². The lowest BCUT2D eigenvalue weighted by molar-refractivity contribution is -0.131. The molecular formula is C13H18ClN3O. The van der Waals surface area contributed by atoms with Crippen molar-refractivity contribution in [1.29, 1.82) is 0 Å². The topological polar surface area (TPSA) is 49.6 Å². The molecule has 1 amide bonds. The van der Waals surface area contributed by atoms with E-state index >= 15 is 0 Å². The predicted octanol–water partition coefficient (Wildman–Crippen LogP) is 1.34. The lowest BCUT2D eigenvalue weighted by atomic mass is 10.2. The van der Waals surface area contributed by atoms with Gasteiger partial charge in [-0.2, -0.15) is 0 Å². The Kier molecular flexibility index (Phi) is 4.44. The van der Waals surface area contributed by atoms with E-state index in [9.17, 15) is 4.79 Å². The van der Waals surface area contributed by atoms with Crippen molar-refractivity contribution >= 4 is 23.2 Å². The molecule has 0 radical (unpaired) electrons. The molecule has 1 fully saturated rings. The largest absolute Gasteiger partial charge is 0.367 e. The summed E-state index contributed by atoms with van der Waals surface area (Å²) in [5.41, 5.74) is 6.45. The molecule has 0 saturated carbocycles. The highest BCUT2D eigenvalue weighted by molar-refractivity contribution is 6.33. The van der Waals surface area contributed by atoms with Gasteiger partial charge in [-0.3, -0.25) is 4.79 Å². The number of benzene rings is 1. The number of amides is 1. The molecular weight excluding hydrogens is 250 g/mol. The molecule has 5 heteroatoms. The SMILES string of the molecule is NCCC(=O)N1CCN(c2ccccc2Cl)CC1. The molecule has 0 spiro atoms. The molecule has 1 aliphatic rings. The number of hydrogen-bond acceptors (Lipinski definition) is 3. The smallest absolute Gasteiger partial charge is 0.223 e. The summed E-state index contributed by atoms with van der Waals surface area (Å²) in [5.74, 6) is 0.149. The summed E-state index contributed by atoms with van der Waals surface area (Å²) >= 11 is 6.17. The van der Waals surface area contributed by atoms with E-state index in [1.807, 2.05) is 29.2 Å². The number of halogens is 1. The van der Waals surface area contributed by atoms with E-state index in [1.54, 1.807) is 0 Å². The van der Waals surface area contributed by atoms with Crippen molar-refractivity contribution in [3.8, 4) is 0 Å². The van der Waals surface area contributed by atoms with Gasteiger partial charge in [0.15, 0.2) is 0 Å². The van der Waals surface area contributed by atoms with E-state index in [0.717, 1.165) is 36.9 Å². The van der Waals surface area contributed by atoms with Crippen LogP contribution in [0.4, 0.5) is 5.69 Å². The number of rotatable bonds is 3. The minimum absolute atomic E-state index is 0.149. The number of hydrogen-bond donors (Lipinski definition) is 1. The van der Waals surface area contributed by atoms with Crippen molar-refractivity contribution in [1.82, 2.24) is 4.90 Å². The highest BCUT2D eigenvalue weighted by atomic mass is 35.5. The summed E-state index contributed by atoms with van der Waals surface area (Å²) in [5, 5.41) is 0.763. The second kappa shape index (κ2) is 6.07. The quantitative estimate of drug-likeness (QED) is 0.899. The molecule has 0 atom stereocenters. The van der Waals surface area contributed by atoms with Crippen LogP contribution in [-0.2, 0) is 4.79 Å². The first-order valence-corrected chi connectivity index (χ1v) is 6.57. The first kappa shape index (κ1) is 13.2. The van der Waals surface area contributed by atoms with Gasteiger partial charge in [0.2, 0.25) is 5.91 Å². The van der Waals surface area contributed by atoms with Gasteiger partial charge in [-0.1, -0.05) is 23.7 Å². The average Bonchev–Trinajstić information content (AvgIpc) is 2.40. The highest BCUT2D eigenvalue weighted by Gasteiger charge is 2.21. The first-order valence-electron chi connectivity index (χ1n) is 6.19. The Balaban J connectivity index is 1.95. The molecule has 1 saturated heterocycles. The third-order valence-corrected chi connectivity index (χ3v) is 3.50. The summed E-state index contributed by atoms with van der Waals surface area (Å²) in [6, 6.07) is 7.81. The van der Waals surface area contributed by atoms with Crippen molar-refractivity contribution in [3.63, 3.8) is 0 Å². The fourth-order valence-electron chi connectivity index (χ4n) is 2.19. The highest BCUT2D eigenvalue weighted by Crippen LogP contribution is 2.25. The molecule has 1 aromatic rings. The Labute approximate surface area is 112 Å². The van der Waals surface area contributed by atoms with E-state index in [1.165, 1.54) is 0 Å². The molecule has 1 aromatic carbocycles.